The molecule has 0 unspecified atom stereocenters. The van der Waals surface area contributed by atoms with Gasteiger partial charge < -0.3 is 14.4 Å². The van der Waals surface area contributed by atoms with Gasteiger partial charge in [0.2, 0.25) is 16.1 Å². The molecule has 2 aliphatic heterocycles. The van der Waals surface area contributed by atoms with Crippen LogP contribution in [0.15, 0.2) is 24.3 Å². The quantitative estimate of drug-likeness (QED) is 0.799. The van der Waals surface area contributed by atoms with Crippen molar-refractivity contribution in [2.24, 2.45) is 0 Å². The Labute approximate surface area is 142 Å². The van der Waals surface area contributed by atoms with Crippen LogP contribution in [-0.2, 0) is 14.8 Å². The normalized spacial score (nSPS) is 21.8. The van der Waals surface area contributed by atoms with Gasteiger partial charge in [-0.1, -0.05) is 12.1 Å². The van der Waals surface area contributed by atoms with Crippen LogP contribution in [0.5, 0.6) is 11.5 Å². The Balaban J connectivity index is 1.58. The molecule has 1 aromatic carbocycles. The summed E-state index contributed by atoms with van der Waals surface area (Å²) in [5.74, 6) is 1.12. The lowest BCUT2D eigenvalue weighted by molar-refractivity contribution is -0.142. The first-order chi connectivity index (χ1) is 11.4. The van der Waals surface area contributed by atoms with Crippen LogP contribution in [0.1, 0.15) is 12.8 Å². The van der Waals surface area contributed by atoms with Crippen LogP contribution in [0.25, 0.3) is 0 Å². The van der Waals surface area contributed by atoms with Crippen molar-refractivity contribution in [3.8, 4) is 11.5 Å². The summed E-state index contributed by atoms with van der Waals surface area (Å²) in [6.45, 7) is 1.23. The van der Waals surface area contributed by atoms with E-state index < -0.39 is 16.1 Å². The number of carbonyl (C=O) groups is 1. The van der Waals surface area contributed by atoms with E-state index in [1.165, 1.54) is 10.6 Å². The average Bonchev–Trinajstić information content (AvgIpc) is 2.59. The van der Waals surface area contributed by atoms with E-state index in [9.17, 15) is 13.2 Å². The molecule has 0 spiro atoms. The first-order valence-corrected chi connectivity index (χ1v) is 9.81. The third-order valence-electron chi connectivity index (χ3n) is 4.60. The maximum absolute atomic E-state index is 12.6. The molecule has 0 saturated carbocycles. The Kier molecular flexibility index (Phi) is 4.69. The lowest BCUT2D eigenvalue weighted by Gasteiger charge is -2.37. The minimum Gasteiger partial charge on any atom is -0.485 e. The van der Waals surface area contributed by atoms with E-state index in [4.69, 9.17) is 9.47 Å². The highest BCUT2D eigenvalue weighted by Crippen LogP contribution is 2.31. The third-order valence-corrected chi connectivity index (χ3v) is 5.94. The predicted molar refractivity (Wildman–Crippen MR) is 88.6 cm³/mol. The predicted octanol–water partition coefficient (Wildman–Crippen LogP) is 0.709. The first-order valence-electron chi connectivity index (χ1n) is 7.96. The smallest absolute Gasteiger partial charge is 0.267 e. The molecule has 24 heavy (non-hydrogen) atoms. The molecule has 8 heteroatoms. The number of nitrogens with zero attached hydrogens (tertiary/aromatic N) is 2. The summed E-state index contributed by atoms with van der Waals surface area (Å²) >= 11 is 0. The Hall–Kier alpha value is -1.80. The van der Waals surface area contributed by atoms with Gasteiger partial charge in [0.1, 0.15) is 6.61 Å². The van der Waals surface area contributed by atoms with Crippen LogP contribution in [0.4, 0.5) is 0 Å². The number of hydrogen-bond acceptors (Lipinski definition) is 5. The van der Waals surface area contributed by atoms with Gasteiger partial charge in [0.05, 0.1) is 6.26 Å². The summed E-state index contributed by atoms with van der Waals surface area (Å²) < 4.78 is 36.0. The summed E-state index contributed by atoms with van der Waals surface area (Å²) in [6, 6.07) is 7.22. The van der Waals surface area contributed by atoms with E-state index in [0.717, 1.165) is 0 Å². The molecule has 7 nitrogen and oxygen atoms in total. The minimum absolute atomic E-state index is 0.0618. The van der Waals surface area contributed by atoms with E-state index in [-0.39, 0.29) is 18.6 Å². The maximum atomic E-state index is 12.6. The van der Waals surface area contributed by atoms with Gasteiger partial charge >= 0.3 is 0 Å². The van der Waals surface area contributed by atoms with Crippen molar-refractivity contribution in [2.75, 3.05) is 33.0 Å². The summed E-state index contributed by atoms with van der Waals surface area (Å²) in [4.78, 5) is 14.4. The van der Waals surface area contributed by atoms with Gasteiger partial charge in [0, 0.05) is 26.2 Å². The molecule has 1 fully saturated rings. The lowest BCUT2D eigenvalue weighted by Crippen LogP contribution is -2.52. The van der Waals surface area contributed by atoms with Crippen molar-refractivity contribution in [1.82, 2.24) is 9.21 Å². The summed E-state index contributed by atoms with van der Waals surface area (Å²) in [5.41, 5.74) is 0. The fraction of sp³-hybridized carbons (Fsp3) is 0.562. The number of ether oxygens (including phenoxy) is 2. The van der Waals surface area contributed by atoms with Gasteiger partial charge in [-0.25, -0.2) is 12.7 Å². The molecule has 0 radical (unpaired) electrons. The molecule has 132 valence electrons. The van der Waals surface area contributed by atoms with E-state index in [1.54, 1.807) is 18.0 Å². The van der Waals surface area contributed by atoms with Gasteiger partial charge in [0.15, 0.2) is 11.5 Å². The second-order valence-corrected chi connectivity index (χ2v) is 8.24. The van der Waals surface area contributed by atoms with Crippen molar-refractivity contribution in [3.63, 3.8) is 0 Å². The molecule has 1 amide bonds. The average molecular weight is 354 g/mol. The van der Waals surface area contributed by atoms with Crippen LogP contribution in [0.2, 0.25) is 0 Å². The van der Waals surface area contributed by atoms with Gasteiger partial charge in [-0.3, -0.25) is 4.79 Å². The number of para-hydroxylation sites is 2. The van der Waals surface area contributed by atoms with E-state index >= 15 is 0 Å². The van der Waals surface area contributed by atoms with Crippen molar-refractivity contribution < 1.29 is 22.7 Å². The van der Waals surface area contributed by atoms with Gasteiger partial charge in [-0.2, -0.15) is 0 Å². The summed E-state index contributed by atoms with van der Waals surface area (Å²) in [5, 5.41) is 0. The SMILES string of the molecule is CN(C1CCN(C(=O)[C@H]2COc3ccccc3O2)CC1)S(C)(=O)=O. The Morgan fingerprint density at radius 2 is 1.83 bits per heavy atom. The zero-order valence-electron chi connectivity index (χ0n) is 13.8. The molecule has 0 N–H and O–H groups in total. The van der Waals surface area contributed by atoms with Gasteiger partial charge in [-0.15, -0.1) is 0 Å². The van der Waals surface area contributed by atoms with E-state index in [2.05, 4.69) is 0 Å². The zero-order chi connectivity index (χ0) is 17.3. The molecule has 0 bridgehead atoms. The summed E-state index contributed by atoms with van der Waals surface area (Å²) in [7, 11) is -1.62. The van der Waals surface area contributed by atoms with Crippen LogP contribution in [-0.4, -0.2) is 68.7 Å². The monoisotopic (exact) mass is 354 g/mol. The largest absolute Gasteiger partial charge is 0.485 e. The van der Waals surface area contributed by atoms with Crippen LogP contribution in [0.3, 0.4) is 0 Å². The fourth-order valence-corrected chi connectivity index (χ4v) is 3.82. The molecular weight excluding hydrogens is 332 g/mol. The molecule has 1 atom stereocenters. The highest BCUT2D eigenvalue weighted by molar-refractivity contribution is 7.88. The second-order valence-electron chi connectivity index (χ2n) is 6.20. The number of benzene rings is 1. The molecular formula is C16H22N2O5S. The molecule has 0 aliphatic carbocycles. The van der Waals surface area contributed by atoms with E-state index in [0.29, 0.717) is 37.4 Å². The summed E-state index contributed by atoms with van der Waals surface area (Å²) in [6.07, 6.45) is 1.80. The van der Waals surface area contributed by atoms with Gasteiger partial charge in [-0.05, 0) is 25.0 Å². The van der Waals surface area contributed by atoms with Crippen molar-refractivity contribution >= 4 is 15.9 Å². The number of rotatable bonds is 3. The number of fused-ring (bicyclic) bond motifs is 1. The number of carbonyl (C=O) groups excluding carboxylic acids is 1. The fourth-order valence-electron chi connectivity index (χ4n) is 3.07. The number of amides is 1. The topological polar surface area (TPSA) is 76.2 Å². The molecule has 1 aromatic rings. The molecule has 1 saturated heterocycles. The Morgan fingerprint density at radius 3 is 2.46 bits per heavy atom. The van der Waals surface area contributed by atoms with Crippen molar-refractivity contribution in [1.29, 1.82) is 0 Å². The van der Waals surface area contributed by atoms with Gasteiger partial charge in [0.25, 0.3) is 5.91 Å². The minimum atomic E-state index is -3.21. The first kappa shape index (κ1) is 17.0. The van der Waals surface area contributed by atoms with Crippen molar-refractivity contribution in [3.05, 3.63) is 24.3 Å². The second kappa shape index (κ2) is 6.60. The lowest BCUT2D eigenvalue weighted by atomic mass is 10.0. The third kappa shape index (κ3) is 3.49. The number of sulfonamides is 1. The standard InChI is InChI=1S/C16H22N2O5S/c1-17(24(2,20)21)12-7-9-18(10-8-12)16(19)15-11-22-13-5-3-4-6-14(13)23-15/h3-6,12,15H,7-11H2,1-2H3/t15-/m1/s1. The Bertz CT molecular complexity index is 713. The highest BCUT2D eigenvalue weighted by atomic mass is 32.2. The number of likely N-dealkylation sites (tertiary alicyclic amines) is 1. The van der Waals surface area contributed by atoms with Crippen LogP contribution in [0, 0.1) is 0 Å². The zero-order valence-corrected chi connectivity index (χ0v) is 14.7. The highest BCUT2D eigenvalue weighted by Gasteiger charge is 2.34. The maximum Gasteiger partial charge on any atom is 0.267 e. The number of hydrogen-bond donors (Lipinski definition) is 0. The molecule has 2 heterocycles. The molecule has 3 rings (SSSR count). The Morgan fingerprint density at radius 1 is 1.21 bits per heavy atom. The van der Waals surface area contributed by atoms with E-state index in [1.807, 2.05) is 18.2 Å². The number of piperidine rings is 1. The van der Waals surface area contributed by atoms with Crippen LogP contribution < -0.4 is 9.47 Å². The molecule has 2 aliphatic rings. The van der Waals surface area contributed by atoms with Crippen LogP contribution >= 0.6 is 0 Å². The van der Waals surface area contributed by atoms with Crippen molar-refractivity contribution in [2.45, 2.75) is 25.0 Å². The molecule has 0 aromatic heterocycles.